The summed E-state index contributed by atoms with van der Waals surface area (Å²) in [4.78, 5) is 29.4. The number of hydrogen-bond acceptors (Lipinski definition) is 3. The Labute approximate surface area is 206 Å². The third kappa shape index (κ3) is 4.53. The molecule has 35 heavy (non-hydrogen) atoms. The Morgan fingerprint density at radius 1 is 0.857 bits per heavy atom. The molecule has 4 aromatic carbocycles. The van der Waals surface area contributed by atoms with Gasteiger partial charge in [0.05, 0.1) is 38.4 Å². The fourth-order valence-corrected chi connectivity index (χ4v) is 5.54. The van der Waals surface area contributed by atoms with Crippen LogP contribution in [0.1, 0.15) is 37.4 Å². The van der Waals surface area contributed by atoms with Crippen LogP contribution in [0.3, 0.4) is 0 Å². The molecule has 1 heterocycles. The van der Waals surface area contributed by atoms with Crippen LogP contribution < -0.4 is 10.2 Å². The van der Waals surface area contributed by atoms with Crippen molar-refractivity contribution in [2.24, 2.45) is 0 Å². The van der Waals surface area contributed by atoms with Crippen molar-refractivity contribution in [3.8, 4) is 0 Å². The van der Waals surface area contributed by atoms with Crippen molar-refractivity contribution >= 4 is 28.3 Å². The number of benzene rings is 4. The van der Waals surface area contributed by atoms with Crippen LogP contribution in [0, 0.1) is 6.92 Å². The minimum Gasteiger partial charge on any atom is -0.348 e. The maximum absolute atomic E-state index is 13.7. The number of rotatable bonds is 5. The zero-order chi connectivity index (χ0) is 24.4. The molecule has 6 heteroatoms. The van der Waals surface area contributed by atoms with Crippen molar-refractivity contribution in [1.29, 1.82) is 0 Å². The highest BCUT2D eigenvalue weighted by Gasteiger charge is 2.31. The lowest BCUT2D eigenvalue weighted by atomic mass is 10.1. The molecular formula is C29H24N2O3S. The monoisotopic (exact) mass is 480 g/mol. The molecule has 5 nitrogen and oxygen atoms in total. The molecule has 1 atom stereocenters. The van der Waals surface area contributed by atoms with E-state index in [0.717, 1.165) is 16.7 Å². The molecule has 0 unspecified atom stereocenters. The summed E-state index contributed by atoms with van der Waals surface area (Å²) in [6, 6.07) is 29.6. The van der Waals surface area contributed by atoms with E-state index in [0.29, 0.717) is 39.7 Å². The second-order valence-electron chi connectivity index (χ2n) is 8.43. The van der Waals surface area contributed by atoms with E-state index >= 15 is 0 Å². The van der Waals surface area contributed by atoms with Gasteiger partial charge in [0.2, 0.25) is 0 Å². The fraction of sp³-hybridized carbons (Fsp3) is 0.103. The Kier molecular flexibility index (Phi) is 6.29. The van der Waals surface area contributed by atoms with Gasteiger partial charge in [0, 0.05) is 12.1 Å². The second kappa shape index (κ2) is 9.68. The van der Waals surface area contributed by atoms with Gasteiger partial charge in [0.1, 0.15) is 0 Å². The lowest BCUT2D eigenvalue weighted by molar-refractivity contribution is 0.0947. The van der Waals surface area contributed by atoms with Crippen molar-refractivity contribution in [2.45, 2.75) is 29.8 Å². The van der Waals surface area contributed by atoms with Crippen LogP contribution >= 0.6 is 0 Å². The van der Waals surface area contributed by atoms with E-state index in [1.54, 1.807) is 47.4 Å². The largest absolute Gasteiger partial charge is 0.348 e. The van der Waals surface area contributed by atoms with Gasteiger partial charge in [-0.1, -0.05) is 66.7 Å². The first-order chi connectivity index (χ1) is 17.0. The lowest BCUT2D eigenvalue weighted by Gasteiger charge is -2.24. The molecule has 0 fully saturated rings. The molecule has 4 aromatic rings. The van der Waals surface area contributed by atoms with Gasteiger partial charge in [-0.3, -0.25) is 9.59 Å². The topological polar surface area (TPSA) is 66.5 Å². The third-order valence-electron chi connectivity index (χ3n) is 6.16. The van der Waals surface area contributed by atoms with Gasteiger partial charge in [-0.15, -0.1) is 0 Å². The zero-order valence-corrected chi connectivity index (χ0v) is 20.0. The second-order valence-corrected chi connectivity index (χ2v) is 9.85. The molecule has 2 amide bonds. The summed E-state index contributed by atoms with van der Waals surface area (Å²) in [7, 11) is -1.56. The molecule has 1 aliphatic heterocycles. The molecule has 0 aromatic heterocycles. The van der Waals surface area contributed by atoms with Crippen LogP contribution in [0.2, 0.25) is 0 Å². The molecule has 1 aliphatic rings. The Morgan fingerprint density at radius 3 is 2.37 bits per heavy atom. The first-order valence-electron chi connectivity index (χ1n) is 11.4. The number of carbonyl (C=O) groups is 2. The number of nitrogens with zero attached hydrogens (tertiary/aromatic N) is 1. The van der Waals surface area contributed by atoms with Gasteiger partial charge < -0.3 is 10.2 Å². The summed E-state index contributed by atoms with van der Waals surface area (Å²) < 4.78 is 13.6. The minimum absolute atomic E-state index is 0.238. The summed E-state index contributed by atoms with van der Waals surface area (Å²) >= 11 is 0. The van der Waals surface area contributed by atoms with E-state index < -0.39 is 10.8 Å². The number of aryl methyl sites for hydroxylation is 1. The van der Waals surface area contributed by atoms with Gasteiger partial charge in [0.15, 0.2) is 0 Å². The first kappa shape index (κ1) is 22.7. The third-order valence-corrected chi connectivity index (χ3v) is 7.66. The number of nitrogens with one attached hydrogen (secondary N) is 1. The molecule has 0 bridgehead atoms. The van der Waals surface area contributed by atoms with Gasteiger partial charge >= 0.3 is 0 Å². The van der Waals surface area contributed by atoms with E-state index in [9.17, 15) is 13.8 Å². The Hall–Kier alpha value is -4.03. The Balaban J connectivity index is 1.56. The molecule has 174 valence electrons. The van der Waals surface area contributed by atoms with Gasteiger partial charge in [-0.25, -0.2) is 4.21 Å². The standard InChI is InChI=1S/C29H24N2O3S/c1-20-9-5-6-12-23(20)19-31-25-17-22(28(32)30-18-21-10-3-2-4-11-21)15-16-27(25)35(34)26-14-8-7-13-24(26)29(31)33/h2-17H,18-19H2,1H3,(H,30,32)/t35-/m1/s1. The van der Waals surface area contributed by atoms with Crippen molar-refractivity contribution in [2.75, 3.05) is 4.90 Å². The van der Waals surface area contributed by atoms with E-state index in [-0.39, 0.29) is 11.8 Å². The predicted octanol–water partition coefficient (Wildman–Crippen LogP) is 5.25. The van der Waals surface area contributed by atoms with Crippen LogP contribution in [-0.2, 0) is 23.9 Å². The average Bonchev–Trinajstić information content (AvgIpc) is 2.98. The number of carbonyl (C=O) groups excluding carboxylic acids is 2. The molecule has 0 saturated heterocycles. The summed E-state index contributed by atoms with van der Waals surface area (Å²) in [5.41, 5.74) is 4.33. The Morgan fingerprint density at radius 2 is 1.57 bits per heavy atom. The van der Waals surface area contributed by atoms with Gasteiger partial charge in [0.25, 0.3) is 11.8 Å². The molecule has 0 saturated carbocycles. The Bertz CT molecular complexity index is 1450. The van der Waals surface area contributed by atoms with Crippen LogP contribution in [0.4, 0.5) is 5.69 Å². The summed E-state index contributed by atoms with van der Waals surface area (Å²) in [6.45, 7) is 2.69. The minimum atomic E-state index is -1.56. The average molecular weight is 481 g/mol. The highest BCUT2D eigenvalue weighted by molar-refractivity contribution is 7.85. The number of amides is 2. The molecular weight excluding hydrogens is 456 g/mol. The molecule has 0 radical (unpaired) electrons. The van der Waals surface area contributed by atoms with Crippen LogP contribution in [-0.4, -0.2) is 16.0 Å². The maximum atomic E-state index is 13.7. The molecule has 0 aliphatic carbocycles. The lowest BCUT2D eigenvalue weighted by Crippen LogP contribution is -2.31. The van der Waals surface area contributed by atoms with Gasteiger partial charge in [-0.2, -0.15) is 0 Å². The molecule has 1 N–H and O–H groups in total. The van der Waals surface area contributed by atoms with Crippen molar-refractivity contribution in [3.05, 3.63) is 125 Å². The highest BCUT2D eigenvalue weighted by atomic mass is 32.2. The highest BCUT2D eigenvalue weighted by Crippen LogP contribution is 2.36. The maximum Gasteiger partial charge on any atom is 0.259 e. The smallest absolute Gasteiger partial charge is 0.259 e. The summed E-state index contributed by atoms with van der Waals surface area (Å²) in [5, 5.41) is 2.93. The normalized spacial score (nSPS) is 14.6. The van der Waals surface area contributed by atoms with E-state index in [1.807, 2.05) is 61.5 Å². The van der Waals surface area contributed by atoms with Crippen molar-refractivity contribution in [3.63, 3.8) is 0 Å². The van der Waals surface area contributed by atoms with Crippen molar-refractivity contribution < 1.29 is 13.8 Å². The quantitative estimate of drug-likeness (QED) is 0.424. The number of anilines is 1. The van der Waals surface area contributed by atoms with E-state index in [4.69, 9.17) is 0 Å². The number of hydrogen-bond donors (Lipinski definition) is 1. The number of fused-ring (bicyclic) bond motifs is 2. The predicted molar refractivity (Wildman–Crippen MR) is 137 cm³/mol. The zero-order valence-electron chi connectivity index (χ0n) is 19.2. The molecule has 5 rings (SSSR count). The van der Waals surface area contributed by atoms with Crippen LogP contribution in [0.5, 0.6) is 0 Å². The van der Waals surface area contributed by atoms with E-state index in [2.05, 4.69) is 5.32 Å². The first-order valence-corrected chi connectivity index (χ1v) is 12.5. The van der Waals surface area contributed by atoms with Gasteiger partial charge in [-0.05, 0) is 53.9 Å². The summed E-state index contributed by atoms with van der Waals surface area (Å²) in [5.74, 6) is -0.495. The summed E-state index contributed by atoms with van der Waals surface area (Å²) in [6.07, 6.45) is 0. The molecule has 0 spiro atoms. The van der Waals surface area contributed by atoms with Crippen LogP contribution in [0.15, 0.2) is 107 Å². The van der Waals surface area contributed by atoms with E-state index in [1.165, 1.54) is 0 Å². The van der Waals surface area contributed by atoms with Crippen LogP contribution in [0.25, 0.3) is 0 Å². The SMILES string of the molecule is Cc1ccccc1CN1C(=O)c2ccccc2[S@@](=O)c2ccc(C(=O)NCc3ccccc3)cc21. The fourth-order valence-electron chi connectivity index (χ4n) is 4.20. The van der Waals surface area contributed by atoms with Crippen molar-refractivity contribution in [1.82, 2.24) is 5.32 Å².